The quantitative estimate of drug-likeness (QED) is 0.543. The van der Waals surface area contributed by atoms with E-state index in [0.29, 0.717) is 17.2 Å². The molecule has 0 spiro atoms. The van der Waals surface area contributed by atoms with Gasteiger partial charge in [-0.15, -0.1) is 0 Å². The van der Waals surface area contributed by atoms with Crippen molar-refractivity contribution in [2.75, 3.05) is 29.8 Å². The Morgan fingerprint density at radius 2 is 1.97 bits per heavy atom. The smallest absolute Gasteiger partial charge is 0.263 e. The van der Waals surface area contributed by atoms with Crippen molar-refractivity contribution in [2.24, 2.45) is 0 Å². The molecule has 1 aliphatic carbocycles. The van der Waals surface area contributed by atoms with Crippen LogP contribution in [0.2, 0.25) is 5.02 Å². The molecule has 0 fully saturated rings. The molecule has 2 heterocycles. The average molecular weight is 501 g/mol. The van der Waals surface area contributed by atoms with Crippen molar-refractivity contribution < 1.29 is 17.9 Å². The summed E-state index contributed by atoms with van der Waals surface area (Å²) in [6, 6.07) is 10.7. The fourth-order valence-electron chi connectivity index (χ4n) is 4.18. The topological polar surface area (TPSA) is 93.7 Å². The second-order valence-corrected chi connectivity index (χ2v) is 10.5. The van der Waals surface area contributed by atoms with E-state index in [1.807, 2.05) is 25.2 Å². The van der Waals surface area contributed by atoms with Gasteiger partial charge in [0.1, 0.15) is 19.0 Å². The van der Waals surface area contributed by atoms with Crippen LogP contribution in [0, 0.1) is 6.92 Å². The van der Waals surface area contributed by atoms with Crippen molar-refractivity contribution in [3.05, 3.63) is 63.9 Å². The van der Waals surface area contributed by atoms with Gasteiger partial charge in [-0.2, -0.15) is 0 Å². The SMILES string of the molecule is Cc1c(Cl)cccc1S(=O)(=O)Nc1nc2c(nc1OCc1ccc3c(c1)OCCN3C)CCC2. The van der Waals surface area contributed by atoms with Crippen molar-refractivity contribution in [3.63, 3.8) is 0 Å². The van der Waals surface area contributed by atoms with E-state index in [0.717, 1.165) is 54.2 Å². The van der Waals surface area contributed by atoms with Gasteiger partial charge in [-0.3, -0.25) is 4.72 Å². The monoisotopic (exact) mass is 500 g/mol. The minimum Gasteiger partial charge on any atom is -0.490 e. The number of anilines is 2. The van der Waals surface area contributed by atoms with Crippen molar-refractivity contribution in [3.8, 4) is 11.6 Å². The number of likely N-dealkylation sites (N-methyl/N-ethyl adjacent to an activating group) is 1. The first-order valence-electron chi connectivity index (χ1n) is 11.1. The molecule has 0 saturated heterocycles. The minimum atomic E-state index is -3.95. The Morgan fingerprint density at radius 1 is 1.18 bits per heavy atom. The number of nitrogens with zero attached hydrogens (tertiary/aromatic N) is 3. The van der Waals surface area contributed by atoms with Gasteiger partial charge in [-0.1, -0.05) is 23.7 Å². The van der Waals surface area contributed by atoms with Crippen LogP contribution in [-0.4, -0.2) is 38.6 Å². The first-order valence-corrected chi connectivity index (χ1v) is 13.0. The fourth-order valence-corrected chi connectivity index (χ4v) is 5.68. The highest BCUT2D eigenvalue weighted by Crippen LogP contribution is 2.33. The summed E-state index contributed by atoms with van der Waals surface area (Å²) in [5, 5.41) is 0.375. The first kappa shape index (κ1) is 22.7. The van der Waals surface area contributed by atoms with Crippen molar-refractivity contribution in [1.29, 1.82) is 0 Å². The van der Waals surface area contributed by atoms with E-state index >= 15 is 0 Å². The largest absolute Gasteiger partial charge is 0.490 e. The molecule has 0 amide bonds. The van der Waals surface area contributed by atoms with Gasteiger partial charge in [-0.25, -0.2) is 18.4 Å². The number of rotatable bonds is 6. The molecular weight excluding hydrogens is 476 g/mol. The second-order valence-electron chi connectivity index (χ2n) is 8.45. The number of hydrogen-bond donors (Lipinski definition) is 1. The zero-order valence-corrected chi connectivity index (χ0v) is 20.5. The number of fused-ring (bicyclic) bond motifs is 2. The number of benzene rings is 2. The Morgan fingerprint density at radius 3 is 2.79 bits per heavy atom. The van der Waals surface area contributed by atoms with Gasteiger partial charge < -0.3 is 14.4 Å². The molecule has 8 nitrogen and oxygen atoms in total. The lowest BCUT2D eigenvalue weighted by molar-refractivity contribution is 0.289. The maximum absolute atomic E-state index is 13.2. The van der Waals surface area contributed by atoms with E-state index in [4.69, 9.17) is 21.1 Å². The molecule has 0 saturated carbocycles. The van der Waals surface area contributed by atoms with E-state index in [2.05, 4.69) is 19.6 Å². The molecule has 1 aromatic heterocycles. The summed E-state index contributed by atoms with van der Waals surface area (Å²) < 4.78 is 40.7. The minimum absolute atomic E-state index is 0.0777. The van der Waals surface area contributed by atoms with E-state index in [-0.39, 0.29) is 23.2 Å². The summed E-state index contributed by atoms with van der Waals surface area (Å²) in [5.41, 5.74) is 4.01. The average Bonchev–Trinajstić information content (AvgIpc) is 3.26. The maximum Gasteiger partial charge on any atom is 0.263 e. The Labute approximate surface area is 203 Å². The highest BCUT2D eigenvalue weighted by Gasteiger charge is 2.25. The number of ether oxygens (including phenoxy) is 2. The fraction of sp³-hybridized carbons (Fsp3) is 0.333. The summed E-state index contributed by atoms with van der Waals surface area (Å²) >= 11 is 6.15. The van der Waals surface area contributed by atoms with Crippen LogP contribution in [0.1, 0.15) is 28.9 Å². The lowest BCUT2D eigenvalue weighted by Crippen LogP contribution is -2.28. The molecule has 0 atom stereocenters. The van der Waals surface area contributed by atoms with E-state index in [9.17, 15) is 8.42 Å². The van der Waals surface area contributed by atoms with Gasteiger partial charge in [-0.05, 0) is 61.6 Å². The number of hydrogen-bond acceptors (Lipinski definition) is 7. The molecule has 10 heteroatoms. The van der Waals surface area contributed by atoms with Gasteiger partial charge in [0.2, 0.25) is 5.82 Å². The predicted molar refractivity (Wildman–Crippen MR) is 131 cm³/mol. The van der Waals surface area contributed by atoms with Gasteiger partial charge in [0, 0.05) is 12.1 Å². The Kier molecular flexibility index (Phi) is 5.99. The molecule has 2 aliphatic rings. The van der Waals surface area contributed by atoms with Crippen molar-refractivity contribution in [1.82, 2.24) is 9.97 Å². The van der Waals surface area contributed by atoms with Crippen molar-refractivity contribution >= 4 is 33.1 Å². The molecule has 3 aromatic rings. The summed E-state index contributed by atoms with van der Waals surface area (Å²) in [4.78, 5) is 11.4. The molecule has 0 bridgehead atoms. The first-order chi connectivity index (χ1) is 16.3. The normalized spacial score (nSPS) is 14.9. The highest BCUT2D eigenvalue weighted by atomic mass is 35.5. The number of halogens is 1. The van der Waals surface area contributed by atoms with Crippen LogP contribution in [-0.2, 0) is 29.5 Å². The summed E-state index contributed by atoms with van der Waals surface area (Å²) in [6.45, 7) is 3.32. The van der Waals surface area contributed by atoms with Crippen LogP contribution in [0.5, 0.6) is 11.6 Å². The Hall–Kier alpha value is -3.04. The standard InChI is InChI=1S/C24H25ClN4O4S/c1-15-17(25)5-3-8-22(15)34(30,31)28-23-24(27-19-7-4-6-18(19)26-23)33-14-16-9-10-20-21(13-16)32-12-11-29(20)2/h3,5,8-10,13H,4,6-7,11-12,14H2,1-2H3,(H,26,28). The van der Waals surface area contributed by atoms with Crippen LogP contribution in [0.15, 0.2) is 41.3 Å². The van der Waals surface area contributed by atoms with Gasteiger partial charge in [0.25, 0.3) is 15.9 Å². The summed E-state index contributed by atoms with van der Waals surface area (Å²) in [7, 11) is -1.92. The molecule has 0 radical (unpaired) electrons. The van der Waals surface area contributed by atoms with Crippen LogP contribution < -0.4 is 19.1 Å². The van der Waals surface area contributed by atoms with Crippen LogP contribution in [0.25, 0.3) is 0 Å². The molecule has 1 N–H and O–H groups in total. The van der Waals surface area contributed by atoms with Gasteiger partial charge in [0.15, 0.2) is 0 Å². The molecule has 5 rings (SSSR count). The zero-order chi connectivity index (χ0) is 23.9. The van der Waals surface area contributed by atoms with Gasteiger partial charge in [0.05, 0.1) is 28.5 Å². The third-order valence-electron chi connectivity index (χ3n) is 6.08. The third kappa shape index (κ3) is 4.37. The number of nitrogens with one attached hydrogen (secondary N) is 1. The van der Waals surface area contributed by atoms with Crippen LogP contribution in [0.4, 0.5) is 11.5 Å². The number of sulfonamides is 1. The highest BCUT2D eigenvalue weighted by molar-refractivity contribution is 7.92. The summed E-state index contributed by atoms with van der Waals surface area (Å²) in [6.07, 6.45) is 2.47. The molecule has 178 valence electrons. The zero-order valence-electron chi connectivity index (χ0n) is 19.0. The molecule has 0 unspecified atom stereocenters. The lowest BCUT2D eigenvalue weighted by Gasteiger charge is -2.28. The Balaban J connectivity index is 1.43. The van der Waals surface area contributed by atoms with E-state index in [1.54, 1.807) is 19.1 Å². The third-order valence-corrected chi connectivity index (χ3v) is 7.97. The van der Waals surface area contributed by atoms with E-state index in [1.165, 1.54) is 6.07 Å². The molecule has 34 heavy (non-hydrogen) atoms. The maximum atomic E-state index is 13.2. The van der Waals surface area contributed by atoms with E-state index < -0.39 is 10.0 Å². The van der Waals surface area contributed by atoms with Gasteiger partial charge >= 0.3 is 0 Å². The predicted octanol–water partition coefficient (Wildman–Crippen LogP) is 4.14. The number of aryl methyl sites for hydroxylation is 2. The van der Waals surface area contributed by atoms with Crippen LogP contribution in [0.3, 0.4) is 0 Å². The number of aromatic nitrogens is 2. The molecule has 2 aromatic carbocycles. The molecular formula is C24H25ClN4O4S. The lowest BCUT2D eigenvalue weighted by atomic mass is 10.1. The van der Waals surface area contributed by atoms with Crippen LogP contribution >= 0.6 is 11.6 Å². The van der Waals surface area contributed by atoms with Crippen molar-refractivity contribution in [2.45, 2.75) is 37.7 Å². The second kappa shape index (κ2) is 8.96. The Bertz CT molecular complexity index is 1360. The molecule has 1 aliphatic heterocycles. The summed E-state index contributed by atoms with van der Waals surface area (Å²) in [5.74, 6) is 1.03.